The predicted molar refractivity (Wildman–Crippen MR) is 89.0 cm³/mol. The van der Waals surface area contributed by atoms with Crippen molar-refractivity contribution in [3.63, 3.8) is 0 Å². The molecule has 0 radical (unpaired) electrons. The number of ether oxygens (including phenoxy) is 2. The summed E-state index contributed by atoms with van der Waals surface area (Å²) in [5, 5.41) is 0. The third-order valence-corrected chi connectivity index (χ3v) is 5.62. The molecule has 0 spiro atoms. The number of unbranched alkanes of at least 4 members (excludes halogenated alkanes) is 1. The summed E-state index contributed by atoms with van der Waals surface area (Å²) in [6.07, 6.45) is 4.10. The molecule has 0 aromatic heterocycles. The van der Waals surface area contributed by atoms with Gasteiger partial charge in [0.15, 0.2) is 8.32 Å². The highest BCUT2D eigenvalue weighted by atomic mass is 28.4. The molecule has 4 nitrogen and oxygen atoms in total. The number of carbonyl (C=O) groups is 1. The molecular weight excluding hydrogens is 284 g/mol. The van der Waals surface area contributed by atoms with Crippen molar-refractivity contribution in [2.75, 3.05) is 26.4 Å². The van der Waals surface area contributed by atoms with Crippen molar-refractivity contribution in [2.45, 2.75) is 58.7 Å². The first-order chi connectivity index (χ1) is 9.89. The van der Waals surface area contributed by atoms with E-state index in [4.69, 9.17) is 13.9 Å². The smallest absolute Gasteiger partial charge is 0.333 e. The maximum absolute atomic E-state index is 11.1. The van der Waals surface area contributed by atoms with Crippen molar-refractivity contribution in [2.24, 2.45) is 0 Å². The second-order valence-corrected chi connectivity index (χ2v) is 10.3. The summed E-state index contributed by atoms with van der Waals surface area (Å²) in [4.78, 5) is 11.1. The van der Waals surface area contributed by atoms with E-state index in [1.807, 2.05) is 0 Å². The minimum absolute atomic E-state index is 0.327. The standard InChI is InChI=1S/C16H32O4Si/c1-6-7-13-20-21(4,5)14-9-11-18-10-8-12-19-16(17)15(2)3/h2,6-14H2,1,3-5H3. The highest BCUT2D eigenvalue weighted by Crippen LogP contribution is 2.14. The Morgan fingerprint density at radius 3 is 2.33 bits per heavy atom. The minimum atomic E-state index is -1.50. The molecule has 5 heteroatoms. The van der Waals surface area contributed by atoms with Crippen LogP contribution in [0.25, 0.3) is 0 Å². The molecule has 0 unspecified atom stereocenters. The zero-order valence-corrected chi connectivity index (χ0v) is 15.2. The summed E-state index contributed by atoms with van der Waals surface area (Å²) in [6.45, 7) is 14.6. The molecule has 0 bridgehead atoms. The Kier molecular flexibility index (Phi) is 11.6. The SMILES string of the molecule is C=C(C)C(=O)OCCCOCCC[Si](C)(C)OCCCC. The summed E-state index contributed by atoms with van der Waals surface area (Å²) in [7, 11) is -1.50. The van der Waals surface area contributed by atoms with Crippen LogP contribution in [0.4, 0.5) is 0 Å². The van der Waals surface area contributed by atoms with Gasteiger partial charge in [0.25, 0.3) is 0 Å². The van der Waals surface area contributed by atoms with Crippen LogP contribution in [-0.4, -0.2) is 40.7 Å². The van der Waals surface area contributed by atoms with Gasteiger partial charge >= 0.3 is 5.97 Å². The Morgan fingerprint density at radius 2 is 1.71 bits per heavy atom. The quantitative estimate of drug-likeness (QED) is 0.223. The van der Waals surface area contributed by atoms with Gasteiger partial charge in [-0.1, -0.05) is 19.9 Å². The number of carbonyl (C=O) groups excluding carboxylic acids is 1. The van der Waals surface area contributed by atoms with Gasteiger partial charge in [-0.3, -0.25) is 0 Å². The van der Waals surface area contributed by atoms with E-state index in [1.54, 1.807) is 6.92 Å². The molecule has 0 aliphatic rings. The van der Waals surface area contributed by atoms with Crippen LogP contribution in [-0.2, 0) is 18.7 Å². The lowest BCUT2D eigenvalue weighted by Crippen LogP contribution is -2.31. The Morgan fingerprint density at radius 1 is 1.05 bits per heavy atom. The summed E-state index contributed by atoms with van der Waals surface area (Å²) < 4.78 is 16.5. The Balaban J connectivity index is 3.43. The van der Waals surface area contributed by atoms with Crippen molar-refractivity contribution in [1.82, 2.24) is 0 Å². The fourth-order valence-electron chi connectivity index (χ4n) is 1.72. The topological polar surface area (TPSA) is 44.8 Å². The first-order valence-corrected chi connectivity index (χ1v) is 11.0. The largest absolute Gasteiger partial charge is 0.462 e. The highest BCUT2D eigenvalue weighted by molar-refractivity contribution is 6.71. The van der Waals surface area contributed by atoms with Crippen LogP contribution in [0, 0.1) is 0 Å². The predicted octanol–water partition coefficient (Wildman–Crippen LogP) is 3.92. The van der Waals surface area contributed by atoms with E-state index in [2.05, 4.69) is 26.6 Å². The van der Waals surface area contributed by atoms with Gasteiger partial charge in [0, 0.05) is 31.8 Å². The van der Waals surface area contributed by atoms with Gasteiger partial charge in [0.1, 0.15) is 0 Å². The molecule has 0 aromatic rings. The van der Waals surface area contributed by atoms with Crippen LogP contribution < -0.4 is 0 Å². The zero-order chi connectivity index (χ0) is 16.1. The molecule has 0 fully saturated rings. The minimum Gasteiger partial charge on any atom is -0.462 e. The van der Waals surface area contributed by atoms with E-state index in [9.17, 15) is 4.79 Å². The summed E-state index contributed by atoms with van der Waals surface area (Å²) in [5.41, 5.74) is 0.436. The lowest BCUT2D eigenvalue weighted by Gasteiger charge is -2.22. The van der Waals surface area contributed by atoms with Gasteiger partial charge in [0.2, 0.25) is 0 Å². The summed E-state index contributed by atoms with van der Waals surface area (Å²) in [5.74, 6) is -0.327. The Hall–Kier alpha value is -0.653. The van der Waals surface area contributed by atoms with Crippen molar-refractivity contribution < 1.29 is 18.7 Å². The molecule has 0 amide bonds. The molecule has 0 rings (SSSR count). The molecule has 0 saturated carbocycles. The van der Waals surface area contributed by atoms with Gasteiger partial charge in [-0.2, -0.15) is 0 Å². The highest BCUT2D eigenvalue weighted by Gasteiger charge is 2.21. The van der Waals surface area contributed by atoms with E-state index in [1.165, 1.54) is 6.42 Å². The molecule has 0 N–H and O–H groups in total. The molecule has 0 atom stereocenters. The average Bonchev–Trinajstić information content (AvgIpc) is 2.41. The van der Waals surface area contributed by atoms with Crippen LogP contribution in [0.1, 0.15) is 39.5 Å². The van der Waals surface area contributed by atoms with Gasteiger partial charge in [-0.05, 0) is 38.9 Å². The van der Waals surface area contributed by atoms with E-state index < -0.39 is 8.32 Å². The van der Waals surface area contributed by atoms with Crippen LogP contribution in [0.5, 0.6) is 0 Å². The molecule has 0 aliphatic carbocycles. The second-order valence-electron chi connectivity index (χ2n) is 5.95. The van der Waals surface area contributed by atoms with Crippen LogP contribution in [0.3, 0.4) is 0 Å². The Bertz CT molecular complexity index is 303. The lowest BCUT2D eigenvalue weighted by molar-refractivity contribution is -0.139. The number of rotatable bonds is 13. The Labute approximate surface area is 131 Å². The first-order valence-electron chi connectivity index (χ1n) is 7.93. The van der Waals surface area contributed by atoms with Crippen molar-refractivity contribution in [3.8, 4) is 0 Å². The van der Waals surface area contributed by atoms with Crippen molar-refractivity contribution in [1.29, 1.82) is 0 Å². The van der Waals surface area contributed by atoms with Gasteiger partial charge in [-0.15, -0.1) is 0 Å². The summed E-state index contributed by atoms with van der Waals surface area (Å²) >= 11 is 0. The average molecular weight is 317 g/mol. The van der Waals surface area contributed by atoms with Crippen LogP contribution in [0.2, 0.25) is 19.1 Å². The molecule has 0 aromatic carbocycles. The molecule has 0 saturated heterocycles. The van der Waals surface area contributed by atoms with Crippen LogP contribution >= 0.6 is 0 Å². The van der Waals surface area contributed by atoms with Crippen molar-refractivity contribution >= 4 is 14.3 Å². The fraction of sp³-hybridized carbons (Fsp3) is 0.812. The third kappa shape index (κ3) is 12.8. The number of hydrogen-bond donors (Lipinski definition) is 0. The molecule has 124 valence electrons. The summed E-state index contributed by atoms with van der Waals surface area (Å²) in [6, 6.07) is 1.13. The van der Waals surface area contributed by atoms with E-state index in [0.29, 0.717) is 18.8 Å². The van der Waals surface area contributed by atoms with Crippen LogP contribution in [0.15, 0.2) is 12.2 Å². The van der Waals surface area contributed by atoms with Crippen molar-refractivity contribution in [3.05, 3.63) is 12.2 Å². The normalized spacial score (nSPS) is 11.4. The fourth-order valence-corrected chi connectivity index (χ4v) is 3.55. The zero-order valence-electron chi connectivity index (χ0n) is 14.2. The molecule has 21 heavy (non-hydrogen) atoms. The first kappa shape index (κ1) is 20.3. The lowest BCUT2D eigenvalue weighted by atomic mass is 10.4. The second kappa shape index (κ2) is 11.9. The van der Waals surface area contributed by atoms with Gasteiger partial charge in [-0.25, -0.2) is 4.79 Å². The maximum atomic E-state index is 11.1. The van der Waals surface area contributed by atoms with Gasteiger partial charge in [0.05, 0.1) is 6.61 Å². The third-order valence-electron chi connectivity index (χ3n) is 3.07. The molecular formula is C16H32O4Si. The molecule has 0 aliphatic heterocycles. The van der Waals surface area contributed by atoms with Gasteiger partial charge < -0.3 is 13.9 Å². The van der Waals surface area contributed by atoms with E-state index in [-0.39, 0.29) is 5.97 Å². The maximum Gasteiger partial charge on any atom is 0.333 e. The van der Waals surface area contributed by atoms with E-state index in [0.717, 1.165) is 38.5 Å². The number of hydrogen-bond acceptors (Lipinski definition) is 4. The van der Waals surface area contributed by atoms with E-state index >= 15 is 0 Å². The molecule has 0 heterocycles. The number of esters is 1. The monoisotopic (exact) mass is 316 g/mol.